The zero-order chi connectivity index (χ0) is 13.2. The molecule has 2 aliphatic heterocycles. The van der Waals surface area contributed by atoms with Crippen LogP contribution in [0.1, 0.15) is 32.1 Å². The van der Waals surface area contributed by atoms with E-state index in [2.05, 4.69) is 17.3 Å². The van der Waals surface area contributed by atoms with Gasteiger partial charge in [0.2, 0.25) is 5.91 Å². The van der Waals surface area contributed by atoms with E-state index in [9.17, 15) is 13.2 Å². The molecule has 2 saturated heterocycles. The Morgan fingerprint density at radius 3 is 2.72 bits per heavy atom. The molecule has 0 spiro atoms. The Bertz CT molecular complexity index is 408. The lowest BCUT2D eigenvalue weighted by atomic mass is 10.00. The van der Waals surface area contributed by atoms with Crippen molar-refractivity contribution in [3.8, 4) is 0 Å². The maximum atomic E-state index is 11.9. The lowest BCUT2D eigenvalue weighted by Crippen LogP contribution is -2.43. The first-order valence-corrected chi connectivity index (χ1v) is 8.48. The molecule has 6 heteroatoms. The van der Waals surface area contributed by atoms with Crippen LogP contribution < -0.4 is 5.32 Å². The molecule has 104 valence electrons. The van der Waals surface area contributed by atoms with Crippen molar-refractivity contribution >= 4 is 15.7 Å². The van der Waals surface area contributed by atoms with Crippen LogP contribution in [-0.4, -0.2) is 56.4 Å². The van der Waals surface area contributed by atoms with E-state index in [-0.39, 0.29) is 23.5 Å². The molecule has 1 amide bonds. The van der Waals surface area contributed by atoms with Crippen molar-refractivity contribution in [1.82, 2.24) is 10.2 Å². The highest BCUT2D eigenvalue weighted by molar-refractivity contribution is 7.91. The topological polar surface area (TPSA) is 66.5 Å². The fourth-order valence-electron chi connectivity index (χ4n) is 2.81. The molecular formula is C12H22N2O3S. The number of carbonyl (C=O) groups is 1. The maximum absolute atomic E-state index is 11.9. The summed E-state index contributed by atoms with van der Waals surface area (Å²) in [5.41, 5.74) is 0. The van der Waals surface area contributed by atoms with Crippen LogP contribution in [0.15, 0.2) is 0 Å². The van der Waals surface area contributed by atoms with Crippen LogP contribution in [0.5, 0.6) is 0 Å². The van der Waals surface area contributed by atoms with Gasteiger partial charge in [-0.2, -0.15) is 0 Å². The molecule has 0 bridgehead atoms. The highest BCUT2D eigenvalue weighted by atomic mass is 32.2. The van der Waals surface area contributed by atoms with Crippen molar-refractivity contribution in [2.24, 2.45) is 0 Å². The van der Waals surface area contributed by atoms with Gasteiger partial charge >= 0.3 is 0 Å². The molecule has 0 saturated carbocycles. The second kappa shape index (κ2) is 5.57. The van der Waals surface area contributed by atoms with Crippen molar-refractivity contribution in [3.63, 3.8) is 0 Å². The Hall–Kier alpha value is -0.620. The van der Waals surface area contributed by atoms with Gasteiger partial charge in [0.1, 0.15) is 0 Å². The predicted molar refractivity (Wildman–Crippen MR) is 70.1 cm³/mol. The first kappa shape index (κ1) is 13.8. The minimum absolute atomic E-state index is 0.00384. The van der Waals surface area contributed by atoms with E-state index in [4.69, 9.17) is 0 Å². The summed E-state index contributed by atoms with van der Waals surface area (Å²) in [6.07, 6.45) is 4.50. The van der Waals surface area contributed by atoms with Crippen molar-refractivity contribution < 1.29 is 13.2 Å². The first-order chi connectivity index (χ1) is 8.46. The zero-order valence-corrected chi connectivity index (χ0v) is 11.7. The SMILES string of the molecule is CN1CCCCC1CC(=O)NC1CCS(=O)(=O)C1. The number of hydrogen-bond acceptors (Lipinski definition) is 4. The lowest BCUT2D eigenvalue weighted by molar-refractivity contribution is -0.123. The summed E-state index contributed by atoms with van der Waals surface area (Å²) in [5.74, 6) is 0.316. The smallest absolute Gasteiger partial charge is 0.221 e. The summed E-state index contributed by atoms with van der Waals surface area (Å²) in [6.45, 7) is 1.05. The number of rotatable bonds is 3. The molecule has 1 N–H and O–H groups in total. The standard InChI is InChI=1S/C12H22N2O3S/c1-14-6-3-2-4-11(14)8-12(15)13-10-5-7-18(16,17)9-10/h10-11H,2-9H2,1H3,(H,13,15). The van der Waals surface area contributed by atoms with Crippen LogP contribution in [0.3, 0.4) is 0 Å². The Balaban J connectivity index is 1.78. The Kier molecular flexibility index (Phi) is 4.27. The number of amides is 1. The van der Waals surface area contributed by atoms with Gasteiger partial charge in [-0.15, -0.1) is 0 Å². The molecule has 0 aromatic rings. The molecule has 0 radical (unpaired) electrons. The number of nitrogens with one attached hydrogen (secondary N) is 1. The van der Waals surface area contributed by atoms with E-state index < -0.39 is 9.84 Å². The zero-order valence-electron chi connectivity index (χ0n) is 10.9. The van der Waals surface area contributed by atoms with Gasteiger partial charge in [0.15, 0.2) is 9.84 Å². The van der Waals surface area contributed by atoms with Crippen molar-refractivity contribution in [2.45, 2.75) is 44.2 Å². The quantitative estimate of drug-likeness (QED) is 0.796. The fourth-order valence-corrected chi connectivity index (χ4v) is 4.48. The third-order valence-electron chi connectivity index (χ3n) is 3.94. The molecule has 2 heterocycles. The number of likely N-dealkylation sites (tertiary alicyclic amines) is 1. The summed E-state index contributed by atoms with van der Waals surface area (Å²) >= 11 is 0. The fraction of sp³-hybridized carbons (Fsp3) is 0.917. The van der Waals surface area contributed by atoms with Crippen LogP contribution in [-0.2, 0) is 14.6 Å². The third-order valence-corrected chi connectivity index (χ3v) is 5.71. The highest BCUT2D eigenvalue weighted by Crippen LogP contribution is 2.18. The minimum Gasteiger partial charge on any atom is -0.352 e. The van der Waals surface area contributed by atoms with Gasteiger partial charge < -0.3 is 10.2 Å². The summed E-state index contributed by atoms with van der Waals surface area (Å²) < 4.78 is 22.6. The monoisotopic (exact) mass is 274 g/mol. The van der Waals surface area contributed by atoms with Gasteiger partial charge in [-0.05, 0) is 32.9 Å². The molecule has 2 aliphatic rings. The van der Waals surface area contributed by atoms with Gasteiger partial charge in [0.05, 0.1) is 11.5 Å². The molecule has 2 unspecified atom stereocenters. The molecule has 18 heavy (non-hydrogen) atoms. The van der Waals surface area contributed by atoms with Crippen LogP contribution >= 0.6 is 0 Å². The first-order valence-electron chi connectivity index (χ1n) is 6.66. The number of carbonyl (C=O) groups excluding carboxylic acids is 1. The van der Waals surface area contributed by atoms with Gasteiger partial charge in [-0.1, -0.05) is 6.42 Å². The average Bonchev–Trinajstić information content (AvgIpc) is 2.61. The molecular weight excluding hydrogens is 252 g/mol. The number of hydrogen-bond donors (Lipinski definition) is 1. The normalized spacial score (nSPS) is 32.3. The average molecular weight is 274 g/mol. The molecule has 2 fully saturated rings. The highest BCUT2D eigenvalue weighted by Gasteiger charge is 2.30. The van der Waals surface area contributed by atoms with E-state index >= 15 is 0 Å². The van der Waals surface area contributed by atoms with Crippen molar-refractivity contribution in [2.75, 3.05) is 25.1 Å². The van der Waals surface area contributed by atoms with Crippen LogP contribution in [0, 0.1) is 0 Å². The van der Waals surface area contributed by atoms with Gasteiger partial charge in [-0.3, -0.25) is 4.79 Å². The summed E-state index contributed by atoms with van der Waals surface area (Å²) in [7, 11) is -0.857. The number of sulfone groups is 1. The lowest BCUT2D eigenvalue weighted by Gasteiger charge is -2.32. The van der Waals surface area contributed by atoms with Gasteiger partial charge in [-0.25, -0.2) is 8.42 Å². The van der Waals surface area contributed by atoms with E-state index in [0.29, 0.717) is 18.9 Å². The predicted octanol–water partition coefficient (Wildman–Crippen LogP) is 0.164. The maximum Gasteiger partial charge on any atom is 0.221 e. The number of piperidine rings is 1. The third kappa shape index (κ3) is 3.68. The molecule has 0 aromatic heterocycles. The molecule has 0 aliphatic carbocycles. The molecule has 2 rings (SSSR count). The Labute approximate surface area is 109 Å². The van der Waals surface area contributed by atoms with Gasteiger partial charge in [0.25, 0.3) is 0 Å². The molecule has 2 atom stereocenters. The van der Waals surface area contributed by atoms with Crippen molar-refractivity contribution in [3.05, 3.63) is 0 Å². The van der Waals surface area contributed by atoms with Crippen molar-refractivity contribution in [1.29, 1.82) is 0 Å². The largest absolute Gasteiger partial charge is 0.352 e. The molecule has 0 aromatic carbocycles. The summed E-state index contributed by atoms with van der Waals surface area (Å²) in [6, 6.07) is 0.146. The summed E-state index contributed by atoms with van der Waals surface area (Å²) in [4.78, 5) is 14.1. The van der Waals surface area contributed by atoms with E-state index in [0.717, 1.165) is 13.0 Å². The minimum atomic E-state index is -2.91. The van der Waals surface area contributed by atoms with Crippen LogP contribution in [0.2, 0.25) is 0 Å². The van der Waals surface area contributed by atoms with Crippen LogP contribution in [0.25, 0.3) is 0 Å². The van der Waals surface area contributed by atoms with E-state index in [1.54, 1.807) is 0 Å². The van der Waals surface area contributed by atoms with E-state index in [1.165, 1.54) is 12.8 Å². The van der Waals surface area contributed by atoms with Crippen LogP contribution in [0.4, 0.5) is 0 Å². The van der Waals surface area contributed by atoms with E-state index in [1.807, 2.05) is 0 Å². The Morgan fingerprint density at radius 1 is 1.33 bits per heavy atom. The Morgan fingerprint density at radius 2 is 2.11 bits per heavy atom. The second-order valence-corrected chi connectivity index (χ2v) is 7.73. The summed E-state index contributed by atoms with van der Waals surface area (Å²) in [5, 5.41) is 2.86. The second-order valence-electron chi connectivity index (χ2n) is 5.50. The number of nitrogens with zero attached hydrogens (tertiary/aromatic N) is 1. The van der Waals surface area contributed by atoms with Gasteiger partial charge in [0, 0.05) is 18.5 Å². The molecule has 5 nitrogen and oxygen atoms in total.